The molecular formula is C19H34F3N5O. The lowest BCUT2D eigenvalue weighted by Gasteiger charge is -2.39. The van der Waals surface area contributed by atoms with Crippen LogP contribution < -0.4 is 5.32 Å². The molecule has 2 fully saturated rings. The fourth-order valence-electron chi connectivity index (χ4n) is 3.73. The van der Waals surface area contributed by atoms with Crippen molar-refractivity contribution in [3.05, 3.63) is 0 Å². The number of alkyl halides is 3. The Hall–Kier alpha value is -1.51. The van der Waals surface area contributed by atoms with Crippen LogP contribution in [0, 0.1) is 0 Å². The lowest BCUT2D eigenvalue weighted by molar-refractivity contribution is -0.136. The van der Waals surface area contributed by atoms with Gasteiger partial charge in [-0.3, -0.25) is 14.7 Å². The quantitative estimate of drug-likeness (QED) is 0.401. The van der Waals surface area contributed by atoms with Gasteiger partial charge in [-0.25, -0.2) is 0 Å². The highest BCUT2D eigenvalue weighted by molar-refractivity contribution is 5.82. The first kappa shape index (κ1) is 22.8. The number of unbranched alkanes of at least 4 members (excludes halogenated alkanes) is 1. The maximum Gasteiger partial charge on any atom is 0.389 e. The molecule has 9 heteroatoms. The molecule has 1 unspecified atom stereocenters. The number of likely N-dealkylation sites (tertiary alicyclic amines) is 1. The average Bonchev–Trinajstić information content (AvgIpc) is 3.20. The number of carbonyl (C=O) groups is 1. The van der Waals surface area contributed by atoms with Gasteiger partial charge in [-0.1, -0.05) is 0 Å². The summed E-state index contributed by atoms with van der Waals surface area (Å²) in [5.41, 5.74) is 0. The summed E-state index contributed by atoms with van der Waals surface area (Å²) >= 11 is 0. The second-order valence-corrected chi connectivity index (χ2v) is 7.54. The molecule has 2 rings (SSSR count). The molecule has 1 N–H and O–H groups in total. The van der Waals surface area contributed by atoms with Gasteiger partial charge >= 0.3 is 6.18 Å². The van der Waals surface area contributed by atoms with Crippen LogP contribution in [0.4, 0.5) is 13.2 Å². The van der Waals surface area contributed by atoms with E-state index in [1.807, 2.05) is 18.7 Å². The number of carbonyl (C=O) groups excluding carboxylic acids is 1. The Kier molecular flexibility index (Phi) is 8.85. The van der Waals surface area contributed by atoms with Gasteiger partial charge in [0, 0.05) is 58.8 Å². The summed E-state index contributed by atoms with van der Waals surface area (Å²) in [4.78, 5) is 23.4. The number of guanidine groups is 1. The van der Waals surface area contributed by atoms with Crippen molar-refractivity contribution >= 4 is 11.9 Å². The molecule has 2 heterocycles. The summed E-state index contributed by atoms with van der Waals surface area (Å²) in [5, 5.41) is 3.23. The van der Waals surface area contributed by atoms with Crippen molar-refractivity contribution in [1.82, 2.24) is 20.0 Å². The van der Waals surface area contributed by atoms with E-state index in [4.69, 9.17) is 0 Å². The van der Waals surface area contributed by atoms with E-state index < -0.39 is 12.6 Å². The monoisotopic (exact) mass is 405 g/mol. The Morgan fingerprint density at radius 3 is 2.25 bits per heavy atom. The Morgan fingerprint density at radius 2 is 1.68 bits per heavy atom. The standard InChI is InChI=1S/C19H34F3N5O/c1-3-23-18(24-9-5-4-8-19(20,21)22)27-14-12-25(13-15-27)16(2)17(28)26-10-6-7-11-26/h16H,3-15H2,1-2H3,(H,23,24). The molecule has 0 radical (unpaired) electrons. The molecule has 0 spiro atoms. The van der Waals surface area contributed by atoms with Gasteiger partial charge in [0.05, 0.1) is 6.04 Å². The molecule has 2 saturated heterocycles. The van der Waals surface area contributed by atoms with Gasteiger partial charge in [0.25, 0.3) is 0 Å². The second kappa shape index (κ2) is 10.9. The van der Waals surface area contributed by atoms with Gasteiger partial charge in [0.15, 0.2) is 5.96 Å². The number of hydrogen-bond acceptors (Lipinski definition) is 3. The molecule has 0 aromatic rings. The fraction of sp³-hybridized carbons (Fsp3) is 0.895. The van der Waals surface area contributed by atoms with Gasteiger partial charge < -0.3 is 15.1 Å². The molecule has 6 nitrogen and oxygen atoms in total. The molecule has 0 aromatic carbocycles. The van der Waals surface area contributed by atoms with Crippen LogP contribution in [0.2, 0.25) is 0 Å². The zero-order valence-electron chi connectivity index (χ0n) is 17.1. The highest BCUT2D eigenvalue weighted by atomic mass is 19.4. The van der Waals surface area contributed by atoms with E-state index in [-0.39, 0.29) is 18.4 Å². The third-order valence-electron chi connectivity index (χ3n) is 5.40. The summed E-state index contributed by atoms with van der Waals surface area (Å²) in [5.74, 6) is 0.976. The van der Waals surface area contributed by atoms with Gasteiger partial charge in [-0.05, 0) is 39.5 Å². The Balaban J connectivity index is 1.79. The van der Waals surface area contributed by atoms with E-state index in [0.29, 0.717) is 19.5 Å². The van der Waals surface area contributed by atoms with E-state index in [1.54, 1.807) is 0 Å². The molecule has 2 aliphatic heterocycles. The van der Waals surface area contributed by atoms with E-state index in [0.717, 1.165) is 58.1 Å². The third-order valence-corrected chi connectivity index (χ3v) is 5.40. The predicted molar refractivity (Wildman–Crippen MR) is 104 cm³/mol. The number of nitrogens with zero attached hydrogens (tertiary/aromatic N) is 4. The smallest absolute Gasteiger partial charge is 0.357 e. The first-order valence-electron chi connectivity index (χ1n) is 10.4. The Labute approximate surface area is 166 Å². The normalized spacial score (nSPS) is 20.5. The number of aliphatic imine (C=N–C) groups is 1. The van der Waals surface area contributed by atoms with Crippen molar-refractivity contribution in [2.45, 2.75) is 58.2 Å². The van der Waals surface area contributed by atoms with Crippen molar-refractivity contribution < 1.29 is 18.0 Å². The van der Waals surface area contributed by atoms with Gasteiger partial charge in [0.2, 0.25) is 5.91 Å². The summed E-state index contributed by atoms with van der Waals surface area (Å²) in [6.45, 7) is 9.87. The lowest BCUT2D eigenvalue weighted by atomic mass is 10.2. The van der Waals surface area contributed by atoms with Crippen LogP contribution in [0.1, 0.15) is 46.0 Å². The first-order chi connectivity index (χ1) is 13.3. The average molecular weight is 406 g/mol. The first-order valence-corrected chi connectivity index (χ1v) is 10.4. The van der Waals surface area contributed by atoms with Crippen LogP contribution in [-0.2, 0) is 4.79 Å². The SMILES string of the molecule is CCNC(=NCCCCC(F)(F)F)N1CCN(C(C)C(=O)N2CCCC2)CC1. The van der Waals surface area contributed by atoms with E-state index in [9.17, 15) is 18.0 Å². The van der Waals surface area contributed by atoms with Crippen molar-refractivity contribution in [3.8, 4) is 0 Å². The van der Waals surface area contributed by atoms with Crippen LogP contribution in [-0.4, -0.2) is 91.1 Å². The molecule has 0 aliphatic carbocycles. The van der Waals surface area contributed by atoms with Gasteiger partial charge in [-0.2, -0.15) is 13.2 Å². The van der Waals surface area contributed by atoms with Crippen LogP contribution in [0.25, 0.3) is 0 Å². The van der Waals surface area contributed by atoms with Crippen molar-refractivity contribution in [1.29, 1.82) is 0 Å². The highest BCUT2D eigenvalue weighted by Gasteiger charge is 2.30. The summed E-state index contributed by atoms with van der Waals surface area (Å²) in [6.07, 6.45) is -2.12. The summed E-state index contributed by atoms with van der Waals surface area (Å²) in [6, 6.07) is -0.109. The van der Waals surface area contributed by atoms with Crippen molar-refractivity contribution in [2.75, 3.05) is 52.4 Å². The number of rotatable bonds is 7. The Bertz CT molecular complexity index is 512. The van der Waals surface area contributed by atoms with Crippen LogP contribution in [0.3, 0.4) is 0 Å². The maximum absolute atomic E-state index is 12.6. The molecular weight excluding hydrogens is 371 g/mol. The fourth-order valence-corrected chi connectivity index (χ4v) is 3.73. The topological polar surface area (TPSA) is 51.2 Å². The van der Waals surface area contributed by atoms with E-state index >= 15 is 0 Å². The minimum atomic E-state index is -4.09. The summed E-state index contributed by atoms with van der Waals surface area (Å²) < 4.78 is 36.7. The molecule has 0 bridgehead atoms. The van der Waals surface area contributed by atoms with Crippen molar-refractivity contribution in [3.63, 3.8) is 0 Å². The number of piperazine rings is 1. The largest absolute Gasteiger partial charge is 0.389 e. The lowest BCUT2D eigenvalue weighted by Crippen LogP contribution is -2.57. The number of nitrogens with one attached hydrogen (secondary N) is 1. The zero-order chi connectivity index (χ0) is 20.6. The van der Waals surface area contributed by atoms with Gasteiger partial charge in [0.1, 0.15) is 0 Å². The molecule has 28 heavy (non-hydrogen) atoms. The molecule has 1 amide bonds. The van der Waals surface area contributed by atoms with E-state index in [2.05, 4.69) is 20.1 Å². The number of amides is 1. The third kappa shape index (κ3) is 7.14. The number of halogens is 3. The molecule has 162 valence electrons. The molecule has 2 aliphatic rings. The van der Waals surface area contributed by atoms with Crippen LogP contribution >= 0.6 is 0 Å². The summed E-state index contributed by atoms with van der Waals surface area (Å²) in [7, 11) is 0. The second-order valence-electron chi connectivity index (χ2n) is 7.54. The van der Waals surface area contributed by atoms with Crippen LogP contribution in [0.15, 0.2) is 4.99 Å². The van der Waals surface area contributed by atoms with Gasteiger partial charge in [-0.15, -0.1) is 0 Å². The highest BCUT2D eigenvalue weighted by Crippen LogP contribution is 2.22. The zero-order valence-corrected chi connectivity index (χ0v) is 17.1. The van der Waals surface area contributed by atoms with Crippen LogP contribution in [0.5, 0.6) is 0 Å². The van der Waals surface area contributed by atoms with Crippen molar-refractivity contribution in [2.24, 2.45) is 4.99 Å². The maximum atomic E-state index is 12.6. The minimum absolute atomic E-state index is 0.107. The number of hydrogen-bond donors (Lipinski definition) is 1. The van der Waals surface area contributed by atoms with E-state index in [1.165, 1.54) is 0 Å². The molecule has 0 saturated carbocycles. The Morgan fingerprint density at radius 1 is 1.04 bits per heavy atom. The minimum Gasteiger partial charge on any atom is -0.357 e. The molecule has 1 atom stereocenters. The predicted octanol–water partition coefficient (Wildman–Crippen LogP) is 2.31. The molecule has 0 aromatic heterocycles.